The Hall–Kier alpha value is -3.17. The standard InChI is InChI=1S/C17H12F3N5/c1-8-11-6-10(4-5-13(11)25-24-8)14-12(7-21)16(17(18,19)20)23-9(2)15(14)22-3/h4-6,14,21H,1-2H3,(H,24,25)/t14-/m1/s1. The second-order valence-electron chi connectivity index (χ2n) is 5.64. The van der Waals surface area contributed by atoms with Crippen LogP contribution in [0.15, 0.2) is 40.2 Å². The van der Waals surface area contributed by atoms with Gasteiger partial charge in [-0.2, -0.15) is 18.3 Å². The number of hydrogen-bond acceptors (Lipinski definition) is 3. The van der Waals surface area contributed by atoms with E-state index in [1.54, 1.807) is 25.1 Å². The molecule has 1 atom stereocenters. The van der Waals surface area contributed by atoms with E-state index >= 15 is 0 Å². The van der Waals surface area contributed by atoms with Crippen molar-refractivity contribution in [3.63, 3.8) is 0 Å². The molecule has 25 heavy (non-hydrogen) atoms. The lowest BCUT2D eigenvalue weighted by Crippen LogP contribution is -2.31. The lowest BCUT2D eigenvalue weighted by molar-refractivity contribution is -0.0585. The van der Waals surface area contributed by atoms with E-state index in [2.05, 4.69) is 20.0 Å². The fourth-order valence-electron chi connectivity index (χ4n) is 2.92. The van der Waals surface area contributed by atoms with Crippen LogP contribution in [0.25, 0.3) is 15.7 Å². The topological polar surface area (TPSA) is 69.2 Å². The first kappa shape index (κ1) is 16.7. The number of rotatable bonds is 1. The number of allylic oxidation sites excluding steroid dienone is 2. The first-order chi connectivity index (χ1) is 11.8. The smallest absolute Gasteiger partial charge is 0.282 e. The molecule has 1 aromatic heterocycles. The Morgan fingerprint density at radius 1 is 1.32 bits per heavy atom. The highest BCUT2D eigenvalue weighted by Crippen LogP contribution is 2.42. The van der Waals surface area contributed by atoms with E-state index in [0.29, 0.717) is 11.1 Å². The number of aliphatic imine (C=N–C) groups is 1. The summed E-state index contributed by atoms with van der Waals surface area (Å²) in [7, 11) is 0. The van der Waals surface area contributed by atoms with Gasteiger partial charge in [-0.1, -0.05) is 6.07 Å². The molecular formula is C17H12F3N5. The highest BCUT2D eigenvalue weighted by molar-refractivity contribution is 6.13. The number of alkyl halides is 3. The largest absolute Gasteiger partial charge is 0.434 e. The zero-order chi connectivity index (χ0) is 18.4. The van der Waals surface area contributed by atoms with Crippen molar-refractivity contribution in [1.82, 2.24) is 10.2 Å². The van der Waals surface area contributed by atoms with Crippen LogP contribution in [0, 0.1) is 18.9 Å². The number of halogens is 3. The van der Waals surface area contributed by atoms with Gasteiger partial charge in [0, 0.05) is 22.4 Å². The first-order valence-corrected chi connectivity index (χ1v) is 7.26. The molecule has 2 N–H and O–H groups in total. The van der Waals surface area contributed by atoms with Crippen molar-refractivity contribution in [2.45, 2.75) is 25.9 Å². The molecule has 0 fully saturated rings. The second-order valence-corrected chi connectivity index (χ2v) is 5.64. The van der Waals surface area contributed by atoms with Gasteiger partial charge in [0.25, 0.3) is 0 Å². The van der Waals surface area contributed by atoms with Gasteiger partial charge in [0.1, 0.15) is 0 Å². The van der Waals surface area contributed by atoms with Crippen LogP contribution in [0.5, 0.6) is 0 Å². The van der Waals surface area contributed by atoms with Crippen molar-refractivity contribution in [2.75, 3.05) is 0 Å². The molecule has 0 saturated carbocycles. The number of H-pyrrole nitrogens is 1. The molecular weight excluding hydrogens is 331 g/mol. The van der Waals surface area contributed by atoms with Crippen LogP contribution in [0.3, 0.4) is 0 Å². The van der Waals surface area contributed by atoms with Gasteiger partial charge in [-0.3, -0.25) is 15.5 Å². The number of nitrogens with zero attached hydrogens (tertiary/aromatic N) is 3. The maximum Gasteiger partial charge on any atom is 0.434 e. The third-order valence-electron chi connectivity index (χ3n) is 4.09. The monoisotopic (exact) mass is 343 g/mol. The quantitative estimate of drug-likeness (QED) is 0.588. The van der Waals surface area contributed by atoms with Crippen molar-refractivity contribution in [3.05, 3.63) is 57.8 Å². The number of hydrogen-bond donors (Lipinski definition) is 2. The van der Waals surface area contributed by atoms with E-state index in [-0.39, 0.29) is 11.4 Å². The van der Waals surface area contributed by atoms with Crippen LogP contribution in [-0.4, -0.2) is 28.0 Å². The van der Waals surface area contributed by atoms with Crippen LogP contribution in [-0.2, 0) is 0 Å². The van der Waals surface area contributed by atoms with E-state index in [9.17, 15) is 13.2 Å². The van der Waals surface area contributed by atoms with Crippen molar-refractivity contribution in [2.24, 2.45) is 4.99 Å². The average Bonchev–Trinajstić information content (AvgIpc) is 2.93. The molecule has 1 aliphatic heterocycles. The van der Waals surface area contributed by atoms with E-state index in [1.165, 1.54) is 6.92 Å². The van der Waals surface area contributed by atoms with Crippen LogP contribution in [0.4, 0.5) is 13.2 Å². The number of benzene rings is 1. The van der Waals surface area contributed by atoms with E-state index in [0.717, 1.165) is 11.1 Å². The summed E-state index contributed by atoms with van der Waals surface area (Å²) in [5.41, 5.74) is 0.327. The Morgan fingerprint density at radius 3 is 2.64 bits per heavy atom. The lowest BCUT2D eigenvalue weighted by Gasteiger charge is -2.25. The lowest BCUT2D eigenvalue weighted by atomic mass is 9.83. The number of fused-ring (bicyclic) bond motifs is 1. The molecule has 0 amide bonds. The van der Waals surface area contributed by atoms with Gasteiger partial charge in [-0.25, -0.2) is 4.85 Å². The molecule has 3 rings (SSSR count). The second kappa shape index (κ2) is 5.72. The number of aromatic amines is 1. The van der Waals surface area contributed by atoms with Crippen molar-refractivity contribution < 1.29 is 13.2 Å². The molecule has 0 bridgehead atoms. The molecule has 0 spiro atoms. The zero-order valence-corrected chi connectivity index (χ0v) is 13.3. The summed E-state index contributed by atoms with van der Waals surface area (Å²) in [4.78, 5) is 6.90. The minimum absolute atomic E-state index is 0.00432. The normalized spacial score (nSPS) is 18.2. The minimum Gasteiger partial charge on any atom is -0.282 e. The Bertz CT molecular complexity index is 1030. The minimum atomic E-state index is -4.73. The van der Waals surface area contributed by atoms with E-state index in [4.69, 9.17) is 12.0 Å². The molecule has 8 heteroatoms. The third-order valence-corrected chi connectivity index (χ3v) is 4.09. The van der Waals surface area contributed by atoms with Crippen molar-refractivity contribution in [1.29, 1.82) is 5.41 Å². The van der Waals surface area contributed by atoms with Crippen molar-refractivity contribution >= 4 is 22.5 Å². The summed E-state index contributed by atoms with van der Waals surface area (Å²) in [6.45, 7) is 10.5. The Kier molecular flexibility index (Phi) is 3.82. The SMILES string of the molecule is [C-]#[N+]C1=C(C)N=C(C(F)(F)F)C(=C=N)[C@H]1c1ccc2n[nH]c(C)c2c1. The highest BCUT2D eigenvalue weighted by atomic mass is 19.4. The molecule has 2 heterocycles. The van der Waals surface area contributed by atoms with Gasteiger partial charge in [0.2, 0.25) is 0 Å². The van der Waals surface area contributed by atoms with Gasteiger partial charge in [0.05, 0.1) is 18.0 Å². The summed E-state index contributed by atoms with van der Waals surface area (Å²) in [6.07, 6.45) is -4.73. The van der Waals surface area contributed by atoms with Crippen LogP contribution >= 0.6 is 0 Å². The van der Waals surface area contributed by atoms with Crippen LogP contribution < -0.4 is 0 Å². The number of aromatic nitrogens is 2. The molecule has 0 radical (unpaired) electrons. The number of nitrogens with one attached hydrogen (secondary N) is 2. The predicted molar refractivity (Wildman–Crippen MR) is 87.6 cm³/mol. The highest BCUT2D eigenvalue weighted by Gasteiger charge is 2.44. The van der Waals surface area contributed by atoms with Gasteiger partial charge < -0.3 is 0 Å². The molecule has 0 unspecified atom stereocenters. The summed E-state index contributed by atoms with van der Waals surface area (Å²) >= 11 is 0. The maximum atomic E-state index is 13.3. The molecule has 5 nitrogen and oxygen atoms in total. The average molecular weight is 343 g/mol. The maximum absolute atomic E-state index is 13.3. The Labute approximate surface area is 140 Å². The third kappa shape index (κ3) is 2.65. The zero-order valence-electron chi connectivity index (χ0n) is 13.3. The van der Waals surface area contributed by atoms with Crippen molar-refractivity contribution in [3.8, 4) is 0 Å². The van der Waals surface area contributed by atoms with E-state index in [1.807, 2.05) is 5.87 Å². The summed E-state index contributed by atoms with van der Waals surface area (Å²) < 4.78 is 40.0. The van der Waals surface area contributed by atoms with Crippen LogP contribution in [0.1, 0.15) is 24.1 Å². The first-order valence-electron chi connectivity index (χ1n) is 7.26. The fourth-order valence-corrected chi connectivity index (χ4v) is 2.92. The summed E-state index contributed by atoms with van der Waals surface area (Å²) in [5.74, 6) is 0.826. The van der Waals surface area contributed by atoms with Gasteiger partial charge in [0.15, 0.2) is 11.4 Å². The molecule has 2 aromatic rings. The Morgan fingerprint density at radius 2 is 2.04 bits per heavy atom. The molecule has 0 saturated heterocycles. The number of aryl methyl sites for hydroxylation is 1. The molecule has 1 aromatic carbocycles. The Balaban J connectivity index is 2.28. The van der Waals surface area contributed by atoms with Crippen LogP contribution in [0.2, 0.25) is 0 Å². The molecule has 0 aliphatic carbocycles. The molecule has 1 aliphatic rings. The van der Waals surface area contributed by atoms with E-state index < -0.39 is 23.4 Å². The van der Waals surface area contributed by atoms with Gasteiger partial charge in [-0.15, -0.1) is 0 Å². The predicted octanol–water partition coefficient (Wildman–Crippen LogP) is 4.30. The molecule has 126 valence electrons. The van der Waals surface area contributed by atoms with Gasteiger partial charge in [-0.05, 0) is 37.4 Å². The summed E-state index contributed by atoms with van der Waals surface area (Å²) in [5, 5.41) is 15.0. The fraction of sp³-hybridized carbons (Fsp3) is 0.235. The van der Waals surface area contributed by atoms with Gasteiger partial charge >= 0.3 is 6.18 Å². The summed E-state index contributed by atoms with van der Waals surface area (Å²) in [6, 6.07) is 4.97.